The lowest BCUT2D eigenvalue weighted by Gasteiger charge is -2.25. The lowest BCUT2D eigenvalue weighted by Crippen LogP contribution is -2.39. The maximum atomic E-state index is 12.3. The van der Waals surface area contributed by atoms with Crippen molar-refractivity contribution in [1.82, 2.24) is 4.90 Å². The first-order chi connectivity index (χ1) is 10.1. The van der Waals surface area contributed by atoms with E-state index in [2.05, 4.69) is 6.92 Å². The zero-order chi connectivity index (χ0) is 15.4. The van der Waals surface area contributed by atoms with E-state index >= 15 is 0 Å². The van der Waals surface area contributed by atoms with Gasteiger partial charge in [0.25, 0.3) is 0 Å². The van der Waals surface area contributed by atoms with Gasteiger partial charge in [-0.3, -0.25) is 4.79 Å². The summed E-state index contributed by atoms with van der Waals surface area (Å²) in [5, 5.41) is 9.97. The molecule has 0 saturated carbocycles. The molecule has 1 saturated heterocycles. The second kappa shape index (κ2) is 7.14. The van der Waals surface area contributed by atoms with Crippen LogP contribution >= 0.6 is 11.6 Å². The maximum Gasteiger partial charge on any atom is 0.223 e. The Labute approximate surface area is 130 Å². The third-order valence-corrected chi connectivity index (χ3v) is 4.53. The van der Waals surface area contributed by atoms with Crippen molar-refractivity contribution in [2.24, 2.45) is 5.92 Å². The summed E-state index contributed by atoms with van der Waals surface area (Å²) >= 11 is 6.08. The highest BCUT2D eigenvalue weighted by Crippen LogP contribution is 2.27. The van der Waals surface area contributed by atoms with Crippen molar-refractivity contribution < 1.29 is 14.6 Å². The average Bonchev–Trinajstić information content (AvgIpc) is 2.85. The van der Waals surface area contributed by atoms with Crippen molar-refractivity contribution in [3.8, 4) is 5.75 Å². The number of amides is 1. The summed E-state index contributed by atoms with van der Waals surface area (Å²) in [5.41, 5.74) is 1.02. The molecule has 1 N–H and O–H groups in total. The molecule has 2 rings (SSSR count). The van der Waals surface area contributed by atoms with Crippen LogP contribution < -0.4 is 4.74 Å². The van der Waals surface area contributed by atoms with Gasteiger partial charge in [-0.25, -0.2) is 0 Å². The molecule has 0 bridgehead atoms. The number of aryl methyl sites for hydroxylation is 1. The minimum absolute atomic E-state index is 0.0306. The number of methoxy groups -OCH3 is 1. The smallest absolute Gasteiger partial charge is 0.223 e. The van der Waals surface area contributed by atoms with E-state index in [9.17, 15) is 9.90 Å². The van der Waals surface area contributed by atoms with Crippen LogP contribution in [-0.4, -0.2) is 42.2 Å². The third kappa shape index (κ3) is 3.69. The molecule has 0 aromatic heterocycles. The Kier molecular flexibility index (Phi) is 5.48. The molecule has 1 aliphatic heterocycles. The minimum Gasteiger partial charge on any atom is -0.495 e. The summed E-state index contributed by atoms with van der Waals surface area (Å²) in [6.07, 6.45) is 2.04. The van der Waals surface area contributed by atoms with E-state index in [0.29, 0.717) is 29.5 Å². The first kappa shape index (κ1) is 16.1. The van der Waals surface area contributed by atoms with Crippen molar-refractivity contribution in [3.63, 3.8) is 0 Å². The fourth-order valence-corrected chi connectivity index (χ4v) is 3.14. The van der Waals surface area contributed by atoms with Crippen LogP contribution in [-0.2, 0) is 11.2 Å². The third-order valence-electron chi connectivity index (χ3n) is 4.23. The fraction of sp³-hybridized carbons (Fsp3) is 0.562. The Bertz CT molecular complexity index is 506. The van der Waals surface area contributed by atoms with Crippen molar-refractivity contribution in [2.45, 2.75) is 32.2 Å². The Balaban J connectivity index is 1.93. The highest BCUT2D eigenvalue weighted by Gasteiger charge is 2.33. The van der Waals surface area contributed by atoms with Gasteiger partial charge in [0, 0.05) is 13.0 Å². The van der Waals surface area contributed by atoms with Gasteiger partial charge in [0.2, 0.25) is 5.91 Å². The molecule has 1 fully saturated rings. The summed E-state index contributed by atoms with van der Waals surface area (Å²) in [6, 6.07) is 5.55. The van der Waals surface area contributed by atoms with Crippen LogP contribution in [0.1, 0.15) is 25.3 Å². The fourth-order valence-electron chi connectivity index (χ4n) is 2.86. The zero-order valence-electron chi connectivity index (χ0n) is 12.5. The molecule has 2 atom stereocenters. The lowest BCUT2D eigenvalue weighted by atomic mass is 10.0. The van der Waals surface area contributed by atoms with E-state index in [1.54, 1.807) is 7.11 Å². The first-order valence-electron chi connectivity index (χ1n) is 7.29. The minimum atomic E-state index is -0.0306. The Morgan fingerprint density at radius 3 is 2.90 bits per heavy atom. The summed E-state index contributed by atoms with van der Waals surface area (Å²) < 4.78 is 5.11. The van der Waals surface area contributed by atoms with E-state index < -0.39 is 0 Å². The van der Waals surface area contributed by atoms with Gasteiger partial charge in [-0.1, -0.05) is 24.6 Å². The molecule has 1 heterocycles. The number of carbonyl (C=O) groups is 1. The van der Waals surface area contributed by atoms with E-state index in [1.165, 1.54) is 0 Å². The number of aliphatic hydroxyl groups is 1. The summed E-state index contributed by atoms with van der Waals surface area (Å²) in [4.78, 5) is 14.1. The van der Waals surface area contributed by atoms with Crippen molar-refractivity contribution >= 4 is 17.5 Å². The second-order valence-corrected chi connectivity index (χ2v) is 5.98. The van der Waals surface area contributed by atoms with Gasteiger partial charge in [0.1, 0.15) is 5.75 Å². The predicted octanol–water partition coefficient (Wildman–Crippen LogP) is 2.51. The molecule has 4 nitrogen and oxygen atoms in total. The van der Waals surface area contributed by atoms with E-state index in [1.807, 2.05) is 23.1 Å². The SMILES string of the molecule is COc1ccc(CCC(=O)N2CCC(C)C2CO)cc1Cl. The van der Waals surface area contributed by atoms with Gasteiger partial charge in [-0.15, -0.1) is 0 Å². The van der Waals surface area contributed by atoms with Gasteiger partial charge in [0.05, 0.1) is 24.8 Å². The molecule has 1 aromatic rings. The van der Waals surface area contributed by atoms with E-state index in [-0.39, 0.29) is 18.6 Å². The molecular weight excluding hydrogens is 290 g/mol. The van der Waals surface area contributed by atoms with E-state index in [0.717, 1.165) is 18.5 Å². The standard InChI is InChI=1S/C16H22ClNO3/c1-11-7-8-18(14(11)10-19)16(20)6-4-12-3-5-15(21-2)13(17)9-12/h3,5,9,11,14,19H,4,6-8,10H2,1-2H3. The van der Waals surface area contributed by atoms with E-state index in [4.69, 9.17) is 16.3 Å². The zero-order valence-corrected chi connectivity index (χ0v) is 13.3. The summed E-state index contributed by atoms with van der Waals surface area (Å²) in [5.74, 6) is 1.11. The Morgan fingerprint density at radius 2 is 2.29 bits per heavy atom. The molecule has 21 heavy (non-hydrogen) atoms. The van der Waals surface area contributed by atoms with Gasteiger partial charge < -0.3 is 14.7 Å². The van der Waals surface area contributed by atoms with Crippen LogP contribution in [0.15, 0.2) is 18.2 Å². The van der Waals surface area contributed by atoms with Crippen LogP contribution in [0.2, 0.25) is 5.02 Å². The van der Waals surface area contributed by atoms with Gasteiger partial charge in [0.15, 0.2) is 0 Å². The predicted molar refractivity (Wildman–Crippen MR) is 82.7 cm³/mol. The molecule has 1 amide bonds. The van der Waals surface area contributed by atoms with Crippen LogP contribution in [0, 0.1) is 5.92 Å². The van der Waals surface area contributed by atoms with Crippen LogP contribution in [0.4, 0.5) is 0 Å². The maximum absolute atomic E-state index is 12.3. The van der Waals surface area contributed by atoms with Gasteiger partial charge >= 0.3 is 0 Å². The molecule has 2 unspecified atom stereocenters. The van der Waals surface area contributed by atoms with Gasteiger partial charge in [-0.2, -0.15) is 0 Å². The van der Waals surface area contributed by atoms with Crippen molar-refractivity contribution in [2.75, 3.05) is 20.3 Å². The Morgan fingerprint density at radius 1 is 1.52 bits per heavy atom. The molecule has 1 aliphatic rings. The lowest BCUT2D eigenvalue weighted by molar-refractivity contribution is -0.133. The number of rotatable bonds is 5. The van der Waals surface area contributed by atoms with Crippen LogP contribution in [0.5, 0.6) is 5.75 Å². The van der Waals surface area contributed by atoms with Crippen LogP contribution in [0.3, 0.4) is 0 Å². The molecule has 5 heteroatoms. The summed E-state index contributed by atoms with van der Waals surface area (Å²) in [7, 11) is 1.58. The number of aliphatic hydroxyl groups excluding tert-OH is 1. The average molecular weight is 312 g/mol. The van der Waals surface area contributed by atoms with Gasteiger partial charge in [-0.05, 0) is 36.5 Å². The first-order valence-corrected chi connectivity index (χ1v) is 7.67. The van der Waals surface area contributed by atoms with Crippen LogP contribution in [0.25, 0.3) is 0 Å². The molecule has 1 aromatic carbocycles. The molecule has 0 aliphatic carbocycles. The number of benzene rings is 1. The number of hydrogen-bond donors (Lipinski definition) is 1. The normalized spacial score (nSPS) is 21.6. The number of carbonyl (C=O) groups excluding carboxylic acids is 1. The quantitative estimate of drug-likeness (QED) is 0.909. The monoisotopic (exact) mass is 311 g/mol. The van der Waals surface area contributed by atoms with Crippen molar-refractivity contribution in [1.29, 1.82) is 0 Å². The number of halogens is 1. The van der Waals surface area contributed by atoms with Crippen molar-refractivity contribution in [3.05, 3.63) is 28.8 Å². The highest BCUT2D eigenvalue weighted by atomic mass is 35.5. The highest BCUT2D eigenvalue weighted by molar-refractivity contribution is 6.32. The number of ether oxygens (including phenoxy) is 1. The number of hydrogen-bond acceptors (Lipinski definition) is 3. The summed E-state index contributed by atoms with van der Waals surface area (Å²) in [6.45, 7) is 2.87. The molecule has 0 radical (unpaired) electrons. The largest absolute Gasteiger partial charge is 0.495 e. The number of nitrogens with zero attached hydrogens (tertiary/aromatic N) is 1. The molecule has 0 spiro atoms. The molecule has 116 valence electrons. The topological polar surface area (TPSA) is 49.8 Å². The Hall–Kier alpha value is -1.26. The second-order valence-electron chi connectivity index (χ2n) is 5.57. The number of likely N-dealkylation sites (tertiary alicyclic amines) is 1. The molecular formula is C16H22ClNO3.